The quantitative estimate of drug-likeness (QED) is 0.427. The zero-order valence-electron chi connectivity index (χ0n) is 11.8. The van der Waals surface area contributed by atoms with Gasteiger partial charge in [0.15, 0.2) is 4.34 Å². The molecule has 110 valence electrons. The van der Waals surface area contributed by atoms with E-state index in [1.807, 2.05) is 18.2 Å². The lowest BCUT2D eigenvalue weighted by Gasteiger charge is -1.99. The smallest absolute Gasteiger partial charge is 0.157 e. The van der Waals surface area contributed by atoms with Crippen molar-refractivity contribution in [3.05, 3.63) is 40.0 Å². The predicted octanol–water partition coefficient (Wildman–Crippen LogP) is 5.72. The van der Waals surface area contributed by atoms with Crippen molar-refractivity contribution in [1.29, 1.82) is 0 Å². The first-order valence-corrected chi connectivity index (χ1v) is 9.39. The SMILES string of the molecule is Cc1sc2ncnc(Sc3nc4cc(Cl)ccc4s3)c2c1C. The van der Waals surface area contributed by atoms with E-state index in [-0.39, 0.29) is 0 Å². The summed E-state index contributed by atoms with van der Waals surface area (Å²) in [6.45, 7) is 4.25. The average molecular weight is 364 g/mol. The fraction of sp³-hybridized carbons (Fsp3) is 0.133. The Morgan fingerprint density at radius 1 is 1.14 bits per heavy atom. The van der Waals surface area contributed by atoms with E-state index in [9.17, 15) is 0 Å². The molecule has 0 unspecified atom stereocenters. The molecule has 0 saturated heterocycles. The van der Waals surface area contributed by atoms with E-state index >= 15 is 0 Å². The number of hydrogen-bond acceptors (Lipinski definition) is 6. The van der Waals surface area contributed by atoms with Gasteiger partial charge in [-0.25, -0.2) is 15.0 Å². The molecule has 3 aromatic heterocycles. The van der Waals surface area contributed by atoms with Crippen LogP contribution in [0, 0.1) is 13.8 Å². The topological polar surface area (TPSA) is 38.7 Å². The molecule has 4 rings (SSSR count). The number of benzene rings is 1. The molecular formula is C15H10ClN3S3. The molecule has 0 N–H and O–H groups in total. The third-order valence-corrected chi connectivity index (χ3v) is 6.89. The third-order valence-electron chi connectivity index (χ3n) is 3.44. The first-order chi connectivity index (χ1) is 10.6. The molecule has 3 heterocycles. The molecule has 0 aliphatic heterocycles. The summed E-state index contributed by atoms with van der Waals surface area (Å²) in [5.74, 6) is 0. The summed E-state index contributed by atoms with van der Waals surface area (Å²) in [5.41, 5.74) is 2.19. The fourth-order valence-electron chi connectivity index (χ4n) is 2.23. The number of aromatic nitrogens is 3. The van der Waals surface area contributed by atoms with Crippen LogP contribution in [0.15, 0.2) is 33.9 Å². The van der Waals surface area contributed by atoms with Crippen LogP contribution in [0.3, 0.4) is 0 Å². The van der Waals surface area contributed by atoms with Gasteiger partial charge in [-0.3, -0.25) is 0 Å². The van der Waals surface area contributed by atoms with E-state index in [1.165, 1.54) is 10.4 Å². The summed E-state index contributed by atoms with van der Waals surface area (Å²) in [6.07, 6.45) is 1.63. The van der Waals surface area contributed by atoms with E-state index in [4.69, 9.17) is 11.6 Å². The molecule has 7 heteroatoms. The summed E-state index contributed by atoms with van der Waals surface area (Å²) in [4.78, 5) is 15.8. The zero-order valence-corrected chi connectivity index (χ0v) is 15.0. The second kappa shape index (κ2) is 5.45. The molecular weight excluding hydrogens is 354 g/mol. The molecule has 3 nitrogen and oxygen atoms in total. The molecule has 0 aliphatic carbocycles. The molecule has 0 spiro atoms. The van der Waals surface area contributed by atoms with Gasteiger partial charge >= 0.3 is 0 Å². The van der Waals surface area contributed by atoms with Crippen LogP contribution >= 0.6 is 46.0 Å². The van der Waals surface area contributed by atoms with Crippen molar-refractivity contribution in [2.45, 2.75) is 23.2 Å². The molecule has 0 bridgehead atoms. The minimum Gasteiger partial charge on any atom is -0.229 e. The Morgan fingerprint density at radius 2 is 2.00 bits per heavy atom. The second-order valence-corrected chi connectivity index (χ2v) is 8.74. The number of halogens is 1. The highest BCUT2D eigenvalue weighted by Gasteiger charge is 2.15. The Kier molecular flexibility index (Phi) is 3.57. The van der Waals surface area contributed by atoms with Gasteiger partial charge in [-0.05, 0) is 49.4 Å². The summed E-state index contributed by atoms with van der Waals surface area (Å²) in [5, 5.41) is 2.83. The minimum atomic E-state index is 0.711. The van der Waals surface area contributed by atoms with Crippen LogP contribution in [0.4, 0.5) is 0 Å². The Balaban J connectivity index is 1.82. The Morgan fingerprint density at radius 3 is 2.86 bits per heavy atom. The summed E-state index contributed by atoms with van der Waals surface area (Å²) in [6, 6.07) is 5.80. The fourth-order valence-corrected chi connectivity index (χ4v) is 5.57. The number of nitrogens with zero attached hydrogens (tertiary/aromatic N) is 3. The minimum absolute atomic E-state index is 0.711. The van der Waals surface area contributed by atoms with Crippen molar-refractivity contribution in [1.82, 2.24) is 15.0 Å². The molecule has 0 atom stereocenters. The van der Waals surface area contributed by atoms with Crippen LogP contribution in [0.2, 0.25) is 5.02 Å². The van der Waals surface area contributed by atoms with E-state index in [2.05, 4.69) is 28.8 Å². The summed E-state index contributed by atoms with van der Waals surface area (Å²) >= 11 is 11.0. The van der Waals surface area contributed by atoms with Crippen molar-refractivity contribution in [2.75, 3.05) is 0 Å². The van der Waals surface area contributed by atoms with Gasteiger partial charge in [0.05, 0.1) is 10.2 Å². The van der Waals surface area contributed by atoms with E-state index in [1.54, 1.807) is 40.8 Å². The second-order valence-electron chi connectivity index (χ2n) is 4.84. The van der Waals surface area contributed by atoms with Gasteiger partial charge in [-0.2, -0.15) is 0 Å². The Labute approximate surface area is 144 Å². The van der Waals surface area contributed by atoms with Gasteiger partial charge in [0.1, 0.15) is 16.2 Å². The molecule has 0 amide bonds. The van der Waals surface area contributed by atoms with Crippen molar-refractivity contribution in [2.24, 2.45) is 0 Å². The lowest BCUT2D eigenvalue weighted by molar-refractivity contribution is 1.10. The molecule has 0 fully saturated rings. The first-order valence-electron chi connectivity index (χ1n) is 6.56. The maximum Gasteiger partial charge on any atom is 0.157 e. The summed E-state index contributed by atoms with van der Waals surface area (Å²) < 4.78 is 2.11. The zero-order chi connectivity index (χ0) is 15.3. The number of rotatable bonds is 2. The lowest BCUT2D eigenvalue weighted by atomic mass is 10.2. The van der Waals surface area contributed by atoms with Crippen LogP contribution in [0.1, 0.15) is 10.4 Å². The highest BCUT2D eigenvalue weighted by atomic mass is 35.5. The molecule has 0 saturated carbocycles. The average Bonchev–Trinajstić information content (AvgIpc) is 3.00. The monoisotopic (exact) mass is 363 g/mol. The molecule has 4 aromatic rings. The van der Waals surface area contributed by atoms with Gasteiger partial charge in [-0.15, -0.1) is 22.7 Å². The molecule has 1 aromatic carbocycles. The third kappa shape index (κ3) is 2.40. The van der Waals surface area contributed by atoms with Gasteiger partial charge in [-0.1, -0.05) is 11.6 Å². The predicted molar refractivity (Wildman–Crippen MR) is 95.6 cm³/mol. The summed E-state index contributed by atoms with van der Waals surface area (Å²) in [7, 11) is 0. The number of hydrogen-bond donors (Lipinski definition) is 0. The highest BCUT2D eigenvalue weighted by Crippen LogP contribution is 2.40. The van der Waals surface area contributed by atoms with Crippen LogP contribution in [-0.4, -0.2) is 15.0 Å². The van der Waals surface area contributed by atoms with Crippen LogP contribution in [0.25, 0.3) is 20.4 Å². The Bertz CT molecular complexity index is 1010. The van der Waals surface area contributed by atoms with Crippen molar-refractivity contribution in [3.8, 4) is 0 Å². The van der Waals surface area contributed by atoms with Gasteiger partial charge in [0.25, 0.3) is 0 Å². The van der Waals surface area contributed by atoms with Crippen molar-refractivity contribution >= 4 is 66.5 Å². The van der Waals surface area contributed by atoms with Crippen molar-refractivity contribution in [3.63, 3.8) is 0 Å². The van der Waals surface area contributed by atoms with E-state index in [0.717, 1.165) is 29.8 Å². The van der Waals surface area contributed by atoms with Crippen LogP contribution in [-0.2, 0) is 0 Å². The largest absolute Gasteiger partial charge is 0.229 e. The van der Waals surface area contributed by atoms with Crippen molar-refractivity contribution < 1.29 is 0 Å². The highest BCUT2D eigenvalue weighted by molar-refractivity contribution is 8.01. The van der Waals surface area contributed by atoms with E-state index in [0.29, 0.717) is 5.02 Å². The number of thiophene rings is 1. The molecule has 22 heavy (non-hydrogen) atoms. The number of fused-ring (bicyclic) bond motifs is 2. The molecule has 0 radical (unpaired) electrons. The van der Waals surface area contributed by atoms with Crippen LogP contribution < -0.4 is 0 Å². The number of thiazole rings is 1. The maximum absolute atomic E-state index is 6.03. The van der Waals surface area contributed by atoms with Crippen LogP contribution in [0.5, 0.6) is 0 Å². The standard InChI is InChI=1S/C15H10ClN3S3/c1-7-8(2)20-13-12(7)14(18-6-17-13)22-15-19-10-5-9(16)3-4-11(10)21-15/h3-6H,1-2H3. The molecule has 0 aliphatic rings. The van der Waals surface area contributed by atoms with Gasteiger partial charge < -0.3 is 0 Å². The van der Waals surface area contributed by atoms with Gasteiger partial charge in [0, 0.05) is 15.3 Å². The van der Waals surface area contributed by atoms with Gasteiger partial charge in [0.2, 0.25) is 0 Å². The first kappa shape index (κ1) is 14.4. The van der Waals surface area contributed by atoms with E-state index < -0.39 is 0 Å². The number of aryl methyl sites for hydroxylation is 2. The normalized spacial score (nSPS) is 11.6. The Hall–Kier alpha value is -1.21. The lowest BCUT2D eigenvalue weighted by Crippen LogP contribution is -1.85. The maximum atomic E-state index is 6.03.